The van der Waals surface area contributed by atoms with Gasteiger partial charge in [0.25, 0.3) is 5.91 Å². The Balaban J connectivity index is 1.45. The molecule has 1 aliphatic rings. The summed E-state index contributed by atoms with van der Waals surface area (Å²) in [6.45, 7) is 2.94. The van der Waals surface area contributed by atoms with Gasteiger partial charge in [-0.1, -0.05) is 42.5 Å². The largest absolute Gasteiger partial charge is 0.353 e. The predicted molar refractivity (Wildman–Crippen MR) is 116 cm³/mol. The molecule has 1 fully saturated rings. The number of hydrogen-bond acceptors (Lipinski definition) is 3. The summed E-state index contributed by atoms with van der Waals surface area (Å²) >= 11 is 0. The van der Waals surface area contributed by atoms with E-state index in [0.717, 1.165) is 35.5 Å². The van der Waals surface area contributed by atoms with Crippen molar-refractivity contribution in [3.05, 3.63) is 90.8 Å². The summed E-state index contributed by atoms with van der Waals surface area (Å²) in [7, 11) is 0. The molecule has 0 spiro atoms. The number of hydrogen-bond donors (Lipinski definition) is 0. The van der Waals surface area contributed by atoms with Crippen LogP contribution in [-0.2, 0) is 0 Å². The highest BCUT2D eigenvalue weighted by Gasteiger charge is 2.26. The zero-order valence-electron chi connectivity index (χ0n) is 16.1. The maximum atomic E-state index is 13.5. The second-order valence-electron chi connectivity index (χ2n) is 7.23. The molecule has 2 aromatic carbocycles. The molecule has 5 nitrogen and oxygen atoms in total. The summed E-state index contributed by atoms with van der Waals surface area (Å²) in [5, 5.41) is 1.08. The maximum absolute atomic E-state index is 13.5. The highest BCUT2D eigenvalue weighted by atomic mass is 16.2. The fourth-order valence-electron chi connectivity index (χ4n) is 4.01. The zero-order valence-corrected chi connectivity index (χ0v) is 16.1. The SMILES string of the molecule is O=C(c1cc2ccccc2n1-c1ccccc1)N1CCN(c2ccccn2)CC1. The van der Waals surface area contributed by atoms with Gasteiger partial charge >= 0.3 is 0 Å². The fraction of sp³-hybridized carbons (Fsp3) is 0.167. The third-order valence-corrected chi connectivity index (χ3v) is 5.48. The van der Waals surface area contributed by atoms with Crippen LogP contribution in [0.15, 0.2) is 85.1 Å². The van der Waals surface area contributed by atoms with Crippen molar-refractivity contribution in [1.82, 2.24) is 14.5 Å². The number of para-hydroxylation sites is 2. The first-order valence-corrected chi connectivity index (χ1v) is 9.92. The Morgan fingerprint density at radius 3 is 2.28 bits per heavy atom. The van der Waals surface area contributed by atoms with E-state index in [9.17, 15) is 4.79 Å². The van der Waals surface area contributed by atoms with Gasteiger partial charge in [0.2, 0.25) is 0 Å². The van der Waals surface area contributed by atoms with Crippen molar-refractivity contribution < 1.29 is 4.79 Å². The average Bonchev–Trinajstić information content (AvgIpc) is 3.19. The van der Waals surface area contributed by atoms with Crippen LogP contribution in [0.3, 0.4) is 0 Å². The second kappa shape index (κ2) is 7.43. The van der Waals surface area contributed by atoms with E-state index in [0.29, 0.717) is 18.8 Å². The Labute approximate surface area is 169 Å². The molecule has 1 amide bonds. The Kier molecular flexibility index (Phi) is 4.48. The Bertz CT molecular complexity index is 1130. The number of carbonyl (C=O) groups excluding carboxylic acids is 1. The molecule has 4 aromatic rings. The summed E-state index contributed by atoms with van der Waals surface area (Å²) < 4.78 is 2.07. The first kappa shape index (κ1) is 17.5. The van der Waals surface area contributed by atoms with Crippen molar-refractivity contribution in [2.24, 2.45) is 0 Å². The molecular formula is C24H22N4O. The lowest BCUT2D eigenvalue weighted by molar-refractivity contribution is 0.0739. The smallest absolute Gasteiger partial charge is 0.270 e. The molecule has 3 heterocycles. The molecule has 5 rings (SSSR count). The Morgan fingerprint density at radius 1 is 0.793 bits per heavy atom. The molecule has 0 radical (unpaired) electrons. The van der Waals surface area contributed by atoms with Crippen molar-refractivity contribution in [3.63, 3.8) is 0 Å². The van der Waals surface area contributed by atoms with Crippen LogP contribution in [0.2, 0.25) is 0 Å². The molecule has 2 aromatic heterocycles. The molecule has 1 aliphatic heterocycles. The monoisotopic (exact) mass is 382 g/mol. The summed E-state index contributed by atoms with van der Waals surface area (Å²) in [5.41, 5.74) is 2.77. The number of amides is 1. The van der Waals surface area contributed by atoms with Gasteiger partial charge < -0.3 is 14.4 Å². The lowest BCUT2D eigenvalue weighted by atomic mass is 10.2. The number of nitrogens with zero attached hydrogens (tertiary/aromatic N) is 4. The number of carbonyl (C=O) groups is 1. The van der Waals surface area contributed by atoms with Gasteiger partial charge in [0, 0.05) is 43.4 Å². The van der Waals surface area contributed by atoms with Crippen LogP contribution in [0.4, 0.5) is 5.82 Å². The van der Waals surface area contributed by atoms with E-state index in [1.165, 1.54) is 0 Å². The van der Waals surface area contributed by atoms with Crippen LogP contribution < -0.4 is 4.90 Å². The van der Waals surface area contributed by atoms with E-state index in [1.807, 2.05) is 77.8 Å². The molecule has 5 heteroatoms. The van der Waals surface area contributed by atoms with Gasteiger partial charge in [-0.3, -0.25) is 4.79 Å². The maximum Gasteiger partial charge on any atom is 0.270 e. The topological polar surface area (TPSA) is 41.4 Å². The standard InChI is InChI=1S/C24H22N4O/c29-24(27-16-14-26(15-17-27)23-12-6-7-13-25-23)22-18-19-8-4-5-11-21(19)28(22)20-9-2-1-3-10-20/h1-13,18H,14-17H2. The molecule has 144 valence electrons. The van der Waals surface area contributed by atoms with Gasteiger partial charge in [-0.25, -0.2) is 4.98 Å². The normalized spacial score (nSPS) is 14.3. The Morgan fingerprint density at radius 2 is 1.52 bits per heavy atom. The van der Waals surface area contributed by atoms with Crippen LogP contribution in [0.1, 0.15) is 10.5 Å². The van der Waals surface area contributed by atoms with Crippen molar-refractivity contribution in [3.8, 4) is 5.69 Å². The summed E-state index contributed by atoms with van der Waals surface area (Å²) in [6.07, 6.45) is 1.81. The van der Waals surface area contributed by atoms with Crippen molar-refractivity contribution >= 4 is 22.6 Å². The minimum absolute atomic E-state index is 0.0747. The molecule has 0 bridgehead atoms. The zero-order chi connectivity index (χ0) is 19.6. The van der Waals surface area contributed by atoms with Crippen LogP contribution in [0.25, 0.3) is 16.6 Å². The number of rotatable bonds is 3. The first-order valence-electron chi connectivity index (χ1n) is 9.92. The second-order valence-corrected chi connectivity index (χ2v) is 7.23. The summed E-state index contributed by atoms with van der Waals surface area (Å²) in [5.74, 6) is 1.05. The van der Waals surface area contributed by atoms with Gasteiger partial charge in [-0.2, -0.15) is 0 Å². The van der Waals surface area contributed by atoms with Crippen LogP contribution in [0.5, 0.6) is 0 Å². The summed E-state index contributed by atoms with van der Waals surface area (Å²) in [6, 6.07) is 26.2. The minimum atomic E-state index is 0.0747. The highest BCUT2D eigenvalue weighted by molar-refractivity contribution is 6.00. The first-order chi connectivity index (χ1) is 14.3. The summed E-state index contributed by atoms with van der Waals surface area (Å²) in [4.78, 5) is 22.1. The lowest BCUT2D eigenvalue weighted by Gasteiger charge is -2.35. The molecular weight excluding hydrogens is 360 g/mol. The molecule has 1 saturated heterocycles. The third kappa shape index (κ3) is 3.25. The number of benzene rings is 2. The van der Waals surface area contributed by atoms with E-state index in [4.69, 9.17) is 0 Å². The average molecular weight is 382 g/mol. The number of anilines is 1. The van der Waals surface area contributed by atoms with Crippen LogP contribution in [0, 0.1) is 0 Å². The number of aromatic nitrogens is 2. The number of fused-ring (bicyclic) bond motifs is 1. The van der Waals surface area contributed by atoms with E-state index >= 15 is 0 Å². The quantitative estimate of drug-likeness (QED) is 0.538. The highest BCUT2D eigenvalue weighted by Crippen LogP contribution is 2.26. The van der Waals surface area contributed by atoms with Crippen molar-refractivity contribution in [1.29, 1.82) is 0 Å². The van der Waals surface area contributed by atoms with E-state index in [2.05, 4.69) is 26.6 Å². The van der Waals surface area contributed by atoms with Crippen LogP contribution in [-0.4, -0.2) is 46.5 Å². The van der Waals surface area contributed by atoms with Gasteiger partial charge in [0.05, 0.1) is 5.52 Å². The number of piperazine rings is 1. The molecule has 0 N–H and O–H groups in total. The molecule has 29 heavy (non-hydrogen) atoms. The van der Waals surface area contributed by atoms with Gasteiger partial charge in [-0.05, 0) is 36.4 Å². The predicted octanol–water partition coefficient (Wildman–Crippen LogP) is 3.99. The van der Waals surface area contributed by atoms with Gasteiger partial charge in [0.1, 0.15) is 11.5 Å². The van der Waals surface area contributed by atoms with Gasteiger partial charge in [-0.15, -0.1) is 0 Å². The van der Waals surface area contributed by atoms with Crippen molar-refractivity contribution in [2.45, 2.75) is 0 Å². The number of pyridine rings is 1. The molecule has 0 aliphatic carbocycles. The Hall–Kier alpha value is -3.60. The lowest BCUT2D eigenvalue weighted by Crippen LogP contribution is -2.49. The van der Waals surface area contributed by atoms with Crippen LogP contribution >= 0.6 is 0 Å². The van der Waals surface area contributed by atoms with Gasteiger partial charge in [0.15, 0.2) is 0 Å². The molecule has 0 atom stereocenters. The molecule has 0 saturated carbocycles. The van der Waals surface area contributed by atoms with Crippen molar-refractivity contribution in [2.75, 3.05) is 31.1 Å². The van der Waals surface area contributed by atoms with E-state index in [-0.39, 0.29) is 5.91 Å². The van der Waals surface area contributed by atoms with E-state index < -0.39 is 0 Å². The minimum Gasteiger partial charge on any atom is -0.353 e. The fourth-order valence-corrected chi connectivity index (χ4v) is 4.01. The van der Waals surface area contributed by atoms with E-state index in [1.54, 1.807) is 0 Å². The molecule has 0 unspecified atom stereocenters. The third-order valence-electron chi connectivity index (χ3n) is 5.48.